The highest BCUT2D eigenvalue weighted by molar-refractivity contribution is 5.35. The van der Waals surface area contributed by atoms with Crippen molar-refractivity contribution in [2.75, 3.05) is 0 Å². The van der Waals surface area contributed by atoms with E-state index in [0.717, 1.165) is 24.2 Å². The van der Waals surface area contributed by atoms with Crippen molar-refractivity contribution in [1.82, 2.24) is 0 Å². The first kappa shape index (κ1) is 22.5. The molecule has 0 heterocycles. The Morgan fingerprint density at radius 2 is 1.35 bits per heavy atom. The van der Waals surface area contributed by atoms with Crippen molar-refractivity contribution in [3.05, 3.63) is 11.1 Å². The Kier molecular flexibility index (Phi) is 4.82. The first-order chi connectivity index (χ1) is 14.3. The third-order valence-corrected chi connectivity index (χ3v) is 13.2. The van der Waals surface area contributed by atoms with Crippen molar-refractivity contribution in [1.29, 1.82) is 0 Å². The van der Waals surface area contributed by atoms with Crippen molar-refractivity contribution < 1.29 is 5.11 Å². The van der Waals surface area contributed by atoms with Crippen LogP contribution in [0.3, 0.4) is 0 Å². The summed E-state index contributed by atoms with van der Waals surface area (Å²) in [6.07, 6.45) is 13.3. The summed E-state index contributed by atoms with van der Waals surface area (Å²) >= 11 is 0. The van der Waals surface area contributed by atoms with Crippen molar-refractivity contribution in [3.8, 4) is 0 Å². The highest BCUT2D eigenvalue weighted by atomic mass is 16.3. The summed E-state index contributed by atoms with van der Waals surface area (Å²) in [6.45, 7) is 20.4. The van der Waals surface area contributed by atoms with Crippen molar-refractivity contribution in [2.45, 2.75) is 126 Å². The van der Waals surface area contributed by atoms with Gasteiger partial charge in [-0.1, -0.05) is 66.5 Å². The predicted octanol–water partition coefficient (Wildman–Crippen LogP) is 8.17. The topological polar surface area (TPSA) is 20.2 Å². The molecule has 8 atom stereocenters. The predicted molar refractivity (Wildman–Crippen MR) is 131 cm³/mol. The molecule has 1 N–H and O–H groups in total. The lowest BCUT2D eigenvalue weighted by Gasteiger charge is -2.73. The van der Waals surface area contributed by atoms with Crippen molar-refractivity contribution in [3.63, 3.8) is 0 Å². The molecule has 5 aliphatic rings. The summed E-state index contributed by atoms with van der Waals surface area (Å²) in [6, 6.07) is 0. The summed E-state index contributed by atoms with van der Waals surface area (Å²) in [4.78, 5) is 0. The van der Waals surface area contributed by atoms with Gasteiger partial charge in [0.1, 0.15) is 0 Å². The Morgan fingerprint density at radius 3 is 2.03 bits per heavy atom. The van der Waals surface area contributed by atoms with Crippen LogP contribution in [0.25, 0.3) is 0 Å². The van der Waals surface area contributed by atoms with Gasteiger partial charge in [0.05, 0.1) is 6.10 Å². The molecule has 176 valence electrons. The van der Waals surface area contributed by atoms with E-state index in [2.05, 4.69) is 55.4 Å². The molecule has 0 aromatic heterocycles. The third-order valence-electron chi connectivity index (χ3n) is 13.2. The Bertz CT molecular complexity index is 790. The molecule has 0 aromatic carbocycles. The number of allylic oxidation sites excluding steroid dienone is 2. The second-order valence-corrected chi connectivity index (χ2v) is 14.6. The molecule has 0 unspecified atom stereocenters. The fourth-order valence-electron chi connectivity index (χ4n) is 11.3. The van der Waals surface area contributed by atoms with E-state index in [4.69, 9.17) is 0 Å². The average Bonchev–Trinajstić information content (AvgIpc) is 3.03. The van der Waals surface area contributed by atoms with E-state index in [0.29, 0.717) is 27.6 Å². The molecule has 0 radical (unpaired) electrons. The molecule has 4 saturated carbocycles. The number of aliphatic hydroxyl groups is 1. The Morgan fingerprint density at radius 1 is 0.710 bits per heavy atom. The summed E-state index contributed by atoms with van der Waals surface area (Å²) in [5.41, 5.74) is 5.57. The zero-order chi connectivity index (χ0) is 22.6. The largest absolute Gasteiger partial charge is 0.393 e. The van der Waals surface area contributed by atoms with E-state index in [-0.39, 0.29) is 11.5 Å². The number of aliphatic hydroxyl groups excluding tert-OH is 1. The van der Waals surface area contributed by atoms with Gasteiger partial charge in [0, 0.05) is 0 Å². The lowest BCUT2D eigenvalue weighted by Crippen LogP contribution is -2.66. The molecule has 0 bridgehead atoms. The minimum atomic E-state index is -0.115. The van der Waals surface area contributed by atoms with E-state index in [9.17, 15) is 5.11 Å². The molecule has 5 rings (SSSR count). The summed E-state index contributed by atoms with van der Waals surface area (Å²) in [7, 11) is 0. The van der Waals surface area contributed by atoms with Crippen LogP contribution in [-0.2, 0) is 0 Å². The second-order valence-electron chi connectivity index (χ2n) is 14.6. The molecule has 0 spiro atoms. The summed E-state index contributed by atoms with van der Waals surface area (Å²) in [5, 5.41) is 10.9. The second kappa shape index (κ2) is 6.64. The van der Waals surface area contributed by atoms with Crippen LogP contribution in [0.5, 0.6) is 0 Å². The minimum absolute atomic E-state index is 0.0676. The van der Waals surface area contributed by atoms with E-state index in [1.165, 1.54) is 57.8 Å². The van der Waals surface area contributed by atoms with Crippen LogP contribution in [0, 0.1) is 50.7 Å². The summed E-state index contributed by atoms with van der Waals surface area (Å²) < 4.78 is 0. The highest BCUT2D eigenvalue weighted by Gasteiger charge is 2.69. The van der Waals surface area contributed by atoms with Crippen LogP contribution < -0.4 is 0 Å². The first-order valence-corrected chi connectivity index (χ1v) is 13.7. The minimum Gasteiger partial charge on any atom is -0.393 e. The molecule has 31 heavy (non-hydrogen) atoms. The van der Waals surface area contributed by atoms with Gasteiger partial charge < -0.3 is 5.11 Å². The number of fused-ring (bicyclic) bond motifs is 7. The van der Waals surface area contributed by atoms with Gasteiger partial charge in [0.2, 0.25) is 0 Å². The van der Waals surface area contributed by atoms with E-state index in [1.807, 2.05) is 11.1 Å². The maximum atomic E-state index is 10.9. The van der Waals surface area contributed by atoms with Crippen LogP contribution in [-0.4, -0.2) is 11.2 Å². The molecule has 0 aromatic rings. The first-order valence-electron chi connectivity index (χ1n) is 13.7. The fourth-order valence-corrected chi connectivity index (χ4v) is 11.3. The Balaban J connectivity index is 1.55. The highest BCUT2D eigenvalue weighted by Crippen LogP contribution is 2.77. The standard InChI is InChI=1S/C30H50O/c1-19(2)20-11-15-27(5)21(20)12-17-29(7)23(27)9-10-24-28(6)16-14-25(31)26(3,4)22(28)13-18-30(24,29)8/h19,22-25,31H,9-18H2,1-8H3/t22-,23+,24+,25-,27-,28+,29+,30+/m0/s1. The normalized spacial score (nSPS) is 53.6. The molecule has 1 nitrogen and oxygen atoms in total. The Labute approximate surface area is 192 Å². The van der Waals surface area contributed by atoms with Gasteiger partial charge >= 0.3 is 0 Å². The summed E-state index contributed by atoms with van der Waals surface area (Å²) in [5.74, 6) is 3.10. The van der Waals surface area contributed by atoms with Gasteiger partial charge in [0.25, 0.3) is 0 Å². The molecule has 0 saturated heterocycles. The zero-order valence-corrected chi connectivity index (χ0v) is 21.9. The van der Waals surface area contributed by atoms with Crippen molar-refractivity contribution in [2.24, 2.45) is 50.7 Å². The van der Waals surface area contributed by atoms with E-state index < -0.39 is 0 Å². The monoisotopic (exact) mass is 426 g/mol. The molecular weight excluding hydrogens is 376 g/mol. The van der Waals surface area contributed by atoms with Gasteiger partial charge in [-0.2, -0.15) is 0 Å². The maximum absolute atomic E-state index is 10.9. The van der Waals surface area contributed by atoms with E-state index in [1.54, 1.807) is 0 Å². The van der Waals surface area contributed by atoms with Gasteiger partial charge in [-0.05, 0) is 115 Å². The quantitative estimate of drug-likeness (QED) is 0.419. The molecule has 0 aliphatic heterocycles. The van der Waals surface area contributed by atoms with Crippen molar-refractivity contribution >= 4 is 0 Å². The molecule has 4 fully saturated rings. The number of rotatable bonds is 1. The van der Waals surface area contributed by atoms with Gasteiger partial charge in [-0.15, -0.1) is 0 Å². The van der Waals surface area contributed by atoms with Crippen LogP contribution >= 0.6 is 0 Å². The lowest BCUT2D eigenvalue weighted by atomic mass is 9.32. The zero-order valence-electron chi connectivity index (χ0n) is 21.9. The SMILES string of the molecule is CC(C)C1=C2CC[C@]3(C)[C@H](CC[C@@H]4[C@]5(C)CC[C@H](O)C(C)(C)[C@@H]5CC[C@]43C)[C@@]2(C)CC1. The molecular formula is C30H50O. The third kappa shape index (κ3) is 2.60. The molecule has 0 amide bonds. The van der Waals surface area contributed by atoms with Gasteiger partial charge in [-0.25, -0.2) is 0 Å². The van der Waals surface area contributed by atoms with Crippen LogP contribution in [0.2, 0.25) is 0 Å². The number of hydrogen-bond donors (Lipinski definition) is 1. The lowest BCUT2D eigenvalue weighted by molar-refractivity contribution is -0.239. The molecule has 5 aliphatic carbocycles. The van der Waals surface area contributed by atoms with Crippen LogP contribution in [0.1, 0.15) is 120 Å². The van der Waals surface area contributed by atoms with Crippen LogP contribution in [0.4, 0.5) is 0 Å². The molecule has 1 heteroatoms. The van der Waals surface area contributed by atoms with Gasteiger partial charge in [-0.3, -0.25) is 0 Å². The average molecular weight is 427 g/mol. The van der Waals surface area contributed by atoms with E-state index >= 15 is 0 Å². The van der Waals surface area contributed by atoms with Gasteiger partial charge in [0.15, 0.2) is 0 Å². The Hall–Kier alpha value is -0.300. The maximum Gasteiger partial charge on any atom is 0.0594 e. The number of hydrogen-bond acceptors (Lipinski definition) is 1. The van der Waals surface area contributed by atoms with Crippen LogP contribution in [0.15, 0.2) is 11.1 Å². The smallest absolute Gasteiger partial charge is 0.0594 e. The fraction of sp³-hybridized carbons (Fsp3) is 0.933.